The molecule has 2 rings (SSSR count). The Hall–Kier alpha value is -2.27. The summed E-state index contributed by atoms with van der Waals surface area (Å²) in [4.78, 5) is 0. The molecular formula is C16H18FNO3. The number of aromatic hydroxyl groups is 1. The number of methoxy groups -OCH3 is 1. The van der Waals surface area contributed by atoms with Crippen molar-refractivity contribution in [2.24, 2.45) is 0 Å². The van der Waals surface area contributed by atoms with Gasteiger partial charge < -0.3 is 19.9 Å². The number of rotatable bonds is 7. The largest absolute Gasteiger partial charge is 0.505 e. The van der Waals surface area contributed by atoms with Crippen LogP contribution in [0.4, 0.5) is 10.1 Å². The zero-order chi connectivity index (χ0) is 15.1. The Morgan fingerprint density at radius 3 is 2.76 bits per heavy atom. The van der Waals surface area contributed by atoms with E-state index >= 15 is 0 Å². The minimum atomic E-state index is -0.619. The number of phenolic OH excluding ortho intramolecular Hbond substituents is 1. The molecule has 0 fully saturated rings. The molecule has 0 spiro atoms. The monoisotopic (exact) mass is 291 g/mol. The van der Waals surface area contributed by atoms with Crippen LogP contribution < -0.4 is 10.1 Å². The minimum absolute atomic E-state index is 0.322. The van der Waals surface area contributed by atoms with Crippen molar-refractivity contribution in [1.29, 1.82) is 0 Å². The summed E-state index contributed by atoms with van der Waals surface area (Å²) in [6.07, 6.45) is 0. The van der Waals surface area contributed by atoms with Crippen LogP contribution in [0.5, 0.6) is 11.5 Å². The van der Waals surface area contributed by atoms with Crippen LogP contribution in [0.1, 0.15) is 5.56 Å². The lowest BCUT2D eigenvalue weighted by molar-refractivity contribution is 0.146. The standard InChI is InChI=1S/C16H18FNO3/c1-20-8-9-21-14-6-3-5-13(10-14)18-11-12-4-2-7-15(17)16(12)19/h2-7,10,18-19H,8-9,11H2,1H3. The Labute approximate surface area is 123 Å². The van der Waals surface area contributed by atoms with Gasteiger partial charge in [-0.25, -0.2) is 4.39 Å². The SMILES string of the molecule is COCCOc1cccc(NCc2cccc(F)c2O)c1. The van der Waals surface area contributed by atoms with Gasteiger partial charge in [0.2, 0.25) is 0 Å². The number of nitrogens with one attached hydrogen (secondary N) is 1. The second-order valence-corrected chi connectivity index (χ2v) is 4.47. The van der Waals surface area contributed by atoms with E-state index in [4.69, 9.17) is 9.47 Å². The predicted octanol–water partition coefficient (Wildman–Crippen LogP) is 3.17. The third-order valence-corrected chi connectivity index (χ3v) is 2.94. The van der Waals surface area contributed by atoms with Crippen LogP contribution >= 0.6 is 0 Å². The molecule has 2 N–H and O–H groups in total. The maximum atomic E-state index is 13.2. The minimum Gasteiger partial charge on any atom is -0.505 e. The predicted molar refractivity (Wildman–Crippen MR) is 79.2 cm³/mol. The molecule has 0 saturated heterocycles. The van der Waals surface area contributed by atoms with E-state index in [9.17, 15) is 9.50 Å². The second-order valence-electron chi connectivity index (χ2n) is 4.47. The number of hydrogen-bond acceptors (Lipinski definition) is 4. The van der Waals surface area contributed by atoms with Crippen LogP contribution in [0.25, 0.3) is 0 Å². The summed E-state index contributed by atoms with van der Waals surface area (Å²) in [5.74, 6) is -0.219. The van der Waals surface area contributed by atoms with Gasteiger partial charge in [-0.1, -0.05) is 18.2 Å². The molecule has 0 aliphatic rings. The summed E-state index contributed by atoms with van der Waals surface area (Å²) in [6, 6.07) is 11.9. The molecule has 0 amide bonds. The Bertz CT molecular complexity index is 589. The van der Waals surface area contributed by atoms with Gasteiger partial charge in [-0.3, -0.25) is 0 Å². The van der Waals surface area contributed by atoms with Crippen molar-refractivity contribution in [2.45, 2.75) is 6.54 Å². The maximum Gasteiger partial charge on any atom is 0.165 e. The summed E-state index contributed by atoms with van der Waals surface area (Å²) in [6.45, 7) is 1.32. The van der Waals surface area contributed by atoms with Crippen molar-refractivity contribution in [3.63, 3.8) is 0 Å². The fraction of sp³-hybridized carbons (Fsp3) is 0.250. The highest BCUT2D eigenvalue weighted by atomic mass is 19.1. The van der Waals surface area contributed by atoms with Gasteiger partial charge in [0.15, 0.2) is 11.6 Å². The number of anilines is 1. The number of ether oxygens (including phenoxy) is 2. The molecule has 2 aromatic rings. The fourth-order valence-electron chi connectivity index (χ4n) is 1.84. The molecule has 0 unspecified atom stereocenters. The van der Waals surface area contributed by atoms with Crippen molar-refractivity contribution in [2.75, 3.05) is 25.6 Å². The first-order valence-corrected chi connectivity index (χ1v) is 6.62. The summed E-state index contributed by atoms with van der Waals surface area (Å²) in [5.41, 5.74) is 1.33. The van der Waals surface area contributed by atoms with Crippen molar-refractivity contribution in [3.8, 4) is 11.5 Å². The number of hydrogen-bond donors (Lipinski definition) is 2. The Morgan fingerprint density at radius 2 is 1.95 bits per heavy atom. The van der Waals surface area contributed by atoms with Crippen LogP contribution in [-0.4, -0.2) is 25.4 Å². The van der Waals surface area contributed by atoms with Gasteiger partial charge in [-0.05, 0) is 18.2 Å². The highest BCUT2D eigenvalue weighted by Crippen LogP contribution is 2.23. The first-order chi connectivity index (χ1) is 10.2. The highest BCUT2D eigenvalue weighted by Gasteiger charge is 2.06. The molecule has 0 radical (unpaired) electrons. The molecule has 2 aromatic carbocycles. The van der Waals surface area contributed by atoms with Gasteiger partial charge in [-0.2, -0.15) is 0 Å². The van der Waals surface area contributed by atoms with Crippen LogP contribution in [0.3, 0.4) is 0 Å². The van der Waals surface area contributed by atoms with E-state index in [1.807, 2.05) is 24.3 Å². The molecule has 21 heavy (non-hydrogen) atoms. The zero-order valence-corrected chi connectivity index (χ0v) is 11.8. The van der Waals surface area contributed by atoms with Gasteiger partial charge in [0.1, 0.15) is 12.4 Å². The summed E-state index contributed by atoms with van der Waals surface area (Å²) in [7, 11) is 1.62. The van der Waals surface area contributed by atoms with Gasteiger partial charge >= 0.3 is 0 Å². The van der Waals surface area contributed by atoms with E-state index in [1.54, 1.807) is 19.2 Å². The molecule has 4 nitrogen and oxygen atoms in total. The number of para-hydroxylation sites is 1. The van der Waals surface area contributed by atoms with E-state index in [1.165, 1.54) is 6.07 Å². The van der Waals surface area contributed by atoms with Crippen molar-refractivity contribution < 1.29 is 19.0 Å². The molecule has 0 aliphatic carbocycles. The smallest absolute Gasteiger partial charge is 0.165 e. The van der Waals surface area contributed by atoms with Gasteiger partial charge in [0, 0.05) is 31.0 Å². The second kappa shape index (κ2) is 7.50. The topological polar surface area (TPSA) is 50.7 Å². The van der Waals surface area contributed by atoms with Crippen LogP contribution in [0.15, 0.2) is 42.5 Å². The van der Waals surface area contributed by atoms with Gasteiger partial charge in [0.25, 0.3) is 0 Å². The number of halogens is 1. The molecule has 0 heterocycles. The highest BCUT2D eigenvalue weighted by molar-refractivity contribution is 5.49. The van der Waals surface area contributed by atoms with Crippen LogP contribution in [0, 0.1) is 5.82 Å². The summed E-state index contributed by atoms with van der Waals surface area (Å²) in [5, 5.41) is 12.7. The van der Waals surface area contributed by atoms with Crippen LogP contribution in [-0.2, 0) is 11.3 Å². The van der Waals surface area contributed by atoms with Crippen LogP contribution in [0.2, 0.25) is 0 Å². The Kier molecular flexibility index (Phi) is 5.40. The molecule has 0 atom stereocenters. The lowest BCUT2D eigenvalue weighted by Gasteiger charge is -2.11. The average molecular weight is 291 g/mol. The van der Waals surface area contributed by atoms with E-state index < -0.39 is 5.82 Å². The molecule has 112 valence electrons. The quantitative estimate of drug-likeness (QED) is 0.769. The van der Waals surface area contributed by atoms with E-state index in [-0.39, 0.29) is 5.75 Å². The first-order valence-electron chi connectivity index (χ1n) is 6.62. The van der Waals surface area contributed by atoms with E-state index in [0.717, 1.165) is 11.4 Å². The summed E-state index contributed by atoms with van der Waals surface area (Å²) < 4.78 is 23.7. The van der Waals surface area contributed by atoms with E-state index in [0.29, 0.717) is 25.3 Å². The van der Waals surface area contributed by atoms with Crippen molar-refractivity contribution in [1.82, 2.24) is 0 Å². The third kappa shape index (κ3) is 4.36. The fourth-order valence-corrected chi connectivity index (χ4v) is 1.84. The zero-order valence-electron chi connectivity index (χ0n) is 11.8. The Morgan fingerprint density at radius 1 is 1.14 bits per heavy atom. The third-order valence-electron chi connectivity index (χ3n) is 2.94. The van der Waals surface area contributed by atoms with Crippen molar-refractivity contribution >= 4 is 5.69 Å². The lowest BCUT2D eigenvalue weighted by atomic mass is 10.2. The maximum absolute atomic E-state index is 13.2. The normalized spacial score (nSPS) is 10.4. The van der Waals surface area contributed by atoms with Gasteiger partial charge in [0.05, 0.1) is 6.61 Å². The average Bonchev–Trinajstić information content (AvgIpc) is 2.50. The summed E-state index contributed by atoms with van der Waals surface area (Å²) >= 11 is 0. The molecule has 0 aliphatic heterocycles. The lowest BCUT2D eigenvalue weighted by Crippen LogP contribution is -2.05. The van der Waals surface area contributed by atoms with E-state index in [2.05, 4.69) is 5.32 Å². The number of phenols is 1. The number of benzene rings is 2. The molecule has 0 aromatic heterocycles. The first kappa shape index (κ1) is 15.1. The molecule has 5 heteroatoms. The molecular weight excluding hydrogens is 273 g/mol. The Balaban J connectivity index is 1.96. The molecule has 0 bridgehead atoms. The molecule has 0 saturated carbocycles. The van der Waals surface area contributed by atoms with Crippen molar-refractivity contribution in [3.05, 3.63) is 53.8 Å². The van der Waals surface area contributed by atoms with Gasteiger partial charge in [-0.15, -0.1) is 0 Å².